The lowest BCUT2D eigenvalue weighted by atomic mass is 10.0. The third-order valence-electron chi connectivity index (χ3n) is 3.43. The molecule has 7 heteroatoms. The van der Waals surface area contributed by atoms with Gasteiger partial charge in [0.1, 0.15) is 6.04 Å². The molecule has 0 bridgehead atoms. The number of rotatable bonds is 6. The van der Waals surface area contributed by atoms with Gasteiger partial charge in [-0.05, 0) is 12.8 Å². The normalized spacial score (nSPS) is 18.9. The minimum atomic E-state index is -1.18. The van der Waals surface area contributed by atoms with Gasteiger partial charge in [-0.25, -0.2) is 9.59 Å². The zero-order chi connectivity index (χ0) is 14.5. The molecule has 7 nitrogen and oxygen atoms in total. The van der Waals surface area contributed by atoms with Gasteiger partial charge in [-0.15, -0.1) is 0 Å². The van der Waals surface area contributed by atoms with Crippen LogP contribution in [0.3, 0.4) is 0 Å². The van der Waals surface area contributed by atoms with E-state index < -0.39 is 23.6 Å². The Kier molecular flexibility index (Phi) is 5.56. The maximum atomic E-state index is 11.8. The van der Waals surface area contributed by atoms with Gasteiger partial charge in [-0.2, -0.15) is 0 Å². The maximum Gasteiger partial charge on any atom is 0.326 e. The average Bonchev–Trinajstić information content (AvgIpc) is 2.74. The fourth-order valence-corrected chi connectivity index (χ4v) is 2.35. The largest absolute Gasteiger partial charge is 0.480 e. The van der Waals surface area contributed by atoms with Gasteiger partial charge >= 0.3 is 12.0 Å². The van der Waals surface area contributed by atoms with E-state index in [9.17, 15) is 14.7 Å². The number of aliphatic hydroxyl groups is 2. The topological polar surface area (TPSA) is 110 Å². The molecule has 4 N–H and O–H groups in total. The number of urea groups is 1. The molecule has 110 valence electrons. The zero-order valence-corrected chi connectivity index (χ0v) is 11.1. The summed E-state index contributed by atoms with van der Waals surface area (Å²) < 4.78 is 0. The second-order valence-corrected chi connectivity index (χ2v) is 5.14. The predicted molar refractivity (Wildman–Crippen MR) is 67.7 cm³/mol. The van der Waals surface area contributed by atoms with E-state index in [1.165, 1.54) is 11.9 Å². The van der Waals surface area contributed by atoms with Crippen LogP contribution in [-0.2, 0) is 4.79 Å². The summed E-state index contributed by atoms with van der Waals surface area (Å²) in [5.74, 6) is -1.18. The van der Waals surface area contributed by atoms with Crippen molar-refractivity contribution >= 4 is 12.0 Å². The van der Waals surface area contributed by atoms with Crippen molar-refractivity contribution in [2.75, 3.05) is 20.2 Å². The number of nitrogens with zero attached hydrogens (tertiary/aromatic N) is 1. The fourth-order valence-electron chi connectivity index (χ4n) is 2.35. The van der Waals surface area contributed by atoms with Crippen LogP contribution >= 0.6 is 0 Å². The highest BCUT2D eigenvalue weighted by Crippen LogP contribution is 2.29. The number of likely N-dealkylation sites (N-methyl/N-ethyl adjacent to an activating group) is 1. The van der Waals surface area contributed by atoms with Gasteiger partial charge in [0.25, 0.3) is 0 Å². The Labute approximate surface area is 112 Å². The first-order valence-corrected chi connectivity index (χ1v) is 6.45. The standard InChI is InChI=1S/C12H22N2O5/c1-14(8-12(19)5-2-3-6-12)11(18)13-9(4-7-15)10(16)17/h9,15,19H,2-8H2,1H3,(H,13,18)(H,16,17). The molecule has 1 saturated carbocycles. The summed E-state index contributed by atoms with van der Waals surface area (Å²) in [5, 5.41) is 30.1. The van der Waals surface area contributed by atoms with Crippen molar-refractivity contribution in [3.05, 3.63) is 0 Å². The Bertz CT molecular complexity index is 328. The molecule has 0 radical (unpaired) electrons. The Balaban J connectivity index is 2.49. The number of hydrogen-bond donors (Lipinski definition) is 4. The molecule has 1 aliphatic carbocycles. The Morgan fingerprint density at radius 3 is 2.42 bits per heavy atom. The molecular weight excluding hydrogens is 252 g/mol. The molecule has 19 heavy (non-hydrogen) atoms. The van der Waals surface area contributed by atoms with Crippen molar-refractivity contribution in [3.63, 3.8) is 0 Å². The van der Waals surface area contributed by atoms with Gasteiger partial charge < -0.3 is 25.5 Å². The number of carboxylic acid groups (broad SMARTS) is 1. The first kappa shape index (κ1) is 15.7. The van der Waals surface area contributed by atoms with Gasteiger partial charge in [0.05, 0.1) is 12.1 Å². The second-order valence-electron chi connectivity index (χ2n) is 5.14. The van der Waals surface area contributed by atoms with Gasteiger partial charge in [0, 0.05) is 20.1 Å². The van der Waals surface area contributed by atoms with Gasteiger partial charge in [0.2, 0.25) is 0 Å². The number of aliphatic hydroxyl groups excluding tert-OH is 1. The molecule has 1 aliphatic rings. The number of carbonyl (C=O) groups excluding carboxylic acids is 1. The minimum absolute atomic E-state index is 0.0425. The van der Waals surface area contributed by atoms with Gasteiger partial charge in [-0.3, -0.25) is 0 Å². The maximum absolute atomic E-state index is 11.8. The summed E-state index contributed by atoms with van der Waals surface area (Å²) in [5.41, 5.74) is -0.859. The number of hydrogen-bond acceptors (Lipinski definition) is 4. The number of aliphatic carboxylic acids is 1. The molecule has 0 aromatic rings. The summed E-state index contributed by atoms with van der Waals surface area (Å²) in [7, 11) is 1.52. The molecule has 2 amide bonds. The zero-order valence-electron chi connectivity index (χ0n) is 11.1. The lowest BCUT2D eigenvalue weighted by Crippen LogP contribution is -2.50. The Morgan fingerprint density at radius 1 is 1.37 bits per heavy atom. The number of amides is 2. The van der Waals surface area contributed by atoms with Crippen molar-refractivity contribution in [3.8, 4) is 0 Å². The van der Waals surface area contributed by atoms with E-state index in [0.29, 0.717) is 12.8 Å². The summed E-state index contributed by atoms with van der Waals surface area (Å²) in [6.07, 6.45) is 3.15. The van der Waals surface area contributed by atoms with E-state index in [-0.39, 0.29) is 19.6 Å². The van der Waals surface area contributed by atoms with Gasteiger partial charge in [-0.1, -0.05) is 12.8 Å². The van der Waals surface area contributed by atoms with E-state index in [0.717, 1.165) is 12.8 Å². The molecular formula is C12H22N2O5. The highest BCUT2D eigenvalue weighted by Gasteiger charge is 2.34. The number of nitrogens with one attached hydrogen (secondary N) is 1. The lowest BCUT2D eigenvalue weighted by molar-refractivity contribution is -0.139. The van der Waals surface area contributed by atoms with E-state index in [4.69, 9.17) is 10.2 Å². The molecule has 1 rings (SSSR count). The quantitative estimate of drug-likeness (QED) is 0.535. The average molecular weight is 274 g/mol. The SMILES string of the molecule is CN(CC1(O)CCCC1)C(=O)NC(CCO)C(=O)O. The Hall–Kier alpha value is -1.34. The first-order valence-electron chi connectivity index (χ1n) is 6.45. The van der Waals surface area contributed by atoms with Crippen LogP contribution in [0.25, 0.3) is 0 Å². The van der Waals surface area contributed by atoms with Crippen LogP contribution in [-0.4, -0.2) is 64.1 Å². The monoisotopic (exact) mass is 274 g/mol. The smallest absolute Gasteiger partial charge is 0.326 e. The summed E-state index contributed by atoms with van der Waals surface area (Å²) in [6, 6.07) is -1.67. The highest BCUT2D eigenvalue weighted by molar-refractivity contribution is 5.82. The second kappa shape index (κ2) is 6.72. The Morgan fingerprint density at radius 2 is 1.95 bits per heavy atom. The molecule has 0 aromatic heterocycles. The van der Waals surface area contributed by atoms with Crippen LogP contribution < -0.4 is 5.32 Å². The fraction of sp³-hybridized carbons (Fsp3) is 0.833. The van der Waals surface area contributed by atoms with E-state index in [1.54, 1.807) is 0 Å². The van der Waals surface area contributed by atoms with Crippen LogP contribution in [0.2, 0.25) is 0 Å². The third kappa shape index (κ3) is 4.68. The summed E-state index contributed by atoms with van der Waals surface area (Å²) >= 11 is 0. The molecule has 0 spiro atoms. The molecule has 1 fully saturated rings. The van der Waals surface area contributed by atoms with Crippen molar-refractivity contribution < 1.29 is 24.9 Å². The highest BCUT2D eigenvalue weighted by atomic mass is 16.4. The van der Waals surface area contributed by atoms with Crippen molar-refractivity contribution in [1.29, 1.82) is 0 Å². The predicted octanol–water partition coefficient (Wildman–Crippen LogP) is -0.231. The molecule has 0 aliphatic heterocycles. The van der Waals surface area contributed by atoms with E-state index in [1.807, 2.05) is 0 Å². The van der Waals surface area contributed by atoms with E-state index >= 15 is 0 Å². The molecule has 0 saturated heterocycles. The number of carbonyl (C=O) groups is 2. The molecule has 0 heterocycles. The molecule has 1 atom stereocenters. The van der Waals surface area contributed by atoms with Gasteiger partial charge in [0.15, 0.2) is 0 Å². The van der Waals surface area contributed by atoms with Crippen LogP contribution in [0.15, 0.2) is 0 Å². The molecule has 0 aromatic carbocycles. The van der Waals surface area contributed by atoms with Crippen molar-refractivity contribution in [2.45, 2.75) is 43.7 Å². The van der Waals surface area contributed by atoms with Crippen molar-refractivity contribution in [2.24, 2.45) is 0 Å². The lowest BCUT2D eigenvalue weighted by Gasteiger charge is -2.29. The van der Waals surface area contributed by atoms with Crippen LogP contribution in [0.4, 0.5) is 4.79 Å². The number of carboxylic acids is 1. The molecule has 1 unspecified atom stereocenters. The third-order valence-corrected chi connectivity index (χ3v) is 3.43. The van der Waals surface area contributed by atoms with Crippen LogP contribution in [0, 0.1) is 0 Å². The van der Waals surface area contributed by atoms with Crippen LogP contribution in [0.5, 0.6) is 0 Å². The summed E-state index contributed by atoms with van der Waals surface area (Å²) in [6.45, 7) is -0.130. The van der Waals surface area contributed by atoms with Crippen molar-refractivity contribution in [1.82, 2.24) is 10.2 Å². The summed E-state index contributed by atoms with van der Waals surface area (Å²) in [4.78, 5) is 24.0. The minimum Gasteiger partial charge on any atom is -0.480 e. The van der Waals surface area contributed by atoms with Crippen LogP contribution in [0.1, 0.15) is 32.1 Å². The van der Waals surface area contributed by atoms with E-state index in [2.05, 4.69) is 5.32 Å². The first-order chi connectivity index (χ1) is 8.88.